The number of hydrogen-bond acceptors (Lipinski definition) is 6. The molecule has 0 amide bonds. The van der Waals surface area contributed by atoms with E-state index in [0.717, 1.165) is 10.7 Å². The van der Waals surface area contributed by atoms with Crippen molar-refractivity contribution in [2.24, 2.45) is 0 Å². The SMILES string of the molecule is CN(c1ccc(-c2nc(CC(=O)O)c(-c3ccc(Cl)s3)o2)cn1)C1CC1. The number of nitrogens with zero attached hydrogens (tertiary/aromatic N) is 3. The lowest BCUT2D eigenvalue weighted by Crippen LogP contribution is -2.20. The van der Waals surface area contributed by atoms with Crippen molar-refractivity contribution >= 4 is 34.7 Å². The maximum atomic E-state index is 11.2. The molecular weight excluding hydrogens is 374 g/mol. The van der Waals surface area contributed by atoms with Crippen LogP contribution in [0.3, 0.4) is 0 Å². The molecule has 3 aromatic rings. The van der Waals surface area contributed by atoms with Gasteiger partial charge in [-0.25, -0.2) is 9.97 Å². The van der Waals surface area contributed by atoms with Crippen molar-refractivity contribution in [1.29, 1.82) is 0 Å². The highest BCUT2D eigenvalue weighted by atomic mass is 35.5. The van der Waals surface area contributed by atoms with Crippen LogP contribution in [-0.2, 0) is 11.2 Å². The van der Waals surface area contributed by atoms with Gasteiger partial charge in [-0.05, 0) is 37.1 Å². The molecule has 4 rings (SSSR count). The fourth-order valence-electron chi connectivity index (χ4n) is 2.74. The number of carboxylic acid groups (broad SMARTS) is 1. The molecule has 0 unspecified atom stereocenters. The number of aromatic nitrogens is 2. The van der Waals surface area contributed by atoms with E-state index in [1.54, 1.807) is 18.3 Å². The maximum absolute atomic E-state index is 11.2. The van der Waals surface area contributed by atoms with Gasteiger partial charge in [0.1, 0.15) is 5.82 Å². The zero-order valence-electron chi connectivity index (χ0n) is 14.0. The van der Waals surface area contributed by atoms with Crippen LogP contribution >= 0.6 is 22.9 Å². The van der Waals surface area contributed by atoms with Gasteiger partial charge < -0.3 is 14.4 Å². The van der Waals surface area contributed by atoms with Gasteiger partial charge in [-0.3, -0.25) is 4.79 Å². The second kappa shape index (κ2) is 6.74. The third-order valence-electron chi connectivity index (χ3n) is 4.26. The van der Waals surface area contributed by atoms with E-state index in [-0.39, 0.29) is 6.42 Å². The number of hydrogen-bond donors (Lipinski definition) is 1. The van der Waals surface area contributed by atoms with E-state index in [1.807, 2.05) is 19.2 Å². The third-order valence-corrected chi connectivity index (χ3v) is 5.49. The van der Waals surface area contributed by atoms with Crippen LogP contribution in [0.5, 0.6) is 0 Å². The molecule has 1 aliphatic rings. The van der Waals surface area contributed by atoms with Crippen LogP contribution in [0.15, 0.2) is 34.9 Å². The molecule has 1 saturated carbocycles. The van der Waals surface area contributed by atoms with Gasteiger partial charge in [0.2, 0.25) is 5.89 Å². The first kappa shape index (κ1) is 17.1. The fourth-order valence-corrected chi connectivity index (χ4v) is 3.78. The van der Waals surface area contributed by atoms with Crippen molar-refractivity contribution in [2.75, 3.05) is 11.9 Å². The Balaban J connectivity index is 1.67. The zero-order chi connectivity index (χ0) is 18.3. The fraction of sp³-hybridized carbons (Fsp3) is 0.278. The highest BCUT2D eigenvalue weighted by Gasteiger charge is 2.27. The molecule has 8 heteroatoms. The molecule has 1 fully saturated rings. The first-order valence-electron chi connectivity index (χ1n) is 8.17. The third kappa shape index (κ3) is 3.45. The Kier molecular flexibility index (Phi) is 4.42. The van der Waals surface area contributed by atoms with E-state index in [9.17, 15) is 4.79 Å². The molecule has 0 aromatic carbocycles. The van der Waals surface area contributed by atoms with Crippen molar-refractivity contribution < 1.29 is 14.3 Å². The zero-order valence-corrected chi connectivity index (χ0v) is 15.5. The monoisotopic (exact) mass is 389 g/mol. The summed E-state index contributed by atoms with van der Waals surface area (Å²) in [6.45, 7) is 0. The predicted octanol–water partition coefficient (Wildman–Crippen LogP) is 4.34. The summed E-state index contributed by atoms with van der Waals surface area (Å²) < 4.78 is 6.49. The molecule has 1 N–H and O–H groups in total. The largest absolute Gasteiger partial charge is 0.481 e. The molecule has 0 spiro atoms. The molecule has 0 atom stereocenters. The summed E-state index contributed by atoms with van der Waals surface area (Å²) in [5, 5.41) is 9.16. The lowest BCUT2D eigenvalue weighted by molar-refractivity contribution is -0.136. The van der Waals surface area contributed by atoms with Crippen LogP contribution in [0, 0.1) is 0 Å². The van der Waals surface area contributed by atoms with Gasteiger partial charge in [-0.2, -0.15) is 0 Å². The topological polar surface area (TPSA) is 79.5 Å². The second-order valence-corrected chi connectivity index (χ2v) is 7.93. The van der Waals surface area contributed by atoms with Gasteiger partial charge in [0.25, 0.3) is 0 Å². The summed E-state index contributed by atoms with van der Waals surface area (Å²) in [6, 6.07) is 7.94. The number of carboxylic acids is 1. The molecule has 6 nitrogen and oxygen atoms in total. The number of carbonyl (C=O) groups is 1. The molecule has 0 radical (unpaired) electrons. The maximum Gasteiger partial charge on any atom is 0.309 e. The standard InChI is InChI=1S/C18H16ClN3O3S/c1-22(11-3-4-11)15-7-2-10(9-20-15)18-21-12(8-16(23)24)17(25-18)13-5-6-14(19)26-13/h2,5-7,9,11H,3-4,8H2,1H3,(H,23,24). The van der Waals surface area contributed by atoms with Gasteiger partial charge in [0.05, 0.1) is 26.9 Å². The van der Waals surface area contributed by atoms with Crippen molar-refractivity contribution in [3.8, 4) is 22.1 Å². The van der Waals surface area contributed by atoms with Gasteiger partial charge in [-0.15, -0.1) is 11.3 Å². The Bertz CT molecular complexity index is 947. The molecule has 1 aliphatic carbocycles. The minimum absolute atomic E-state index is 0.218. The molecule has 0 bridgehead atoms. The van der Waals surface area contributed by atoms with Gasteiger partial charge in [0.15, 0.2) is 5.76 Å². The average Bonchev–Trinajstić information content (AvgIpc) is 3.26. The van der Waals surface area contributed by atoms with Gasteiger partial charge in [-0.1, -0.05) is 11.6 Å². The number of aliphatic carboxylic acids is 1. The number of pyridine rings is 1. The molecular formula is C18H16ClN3O3S. The van der Waals surface area contributed by atoms with Crippen LogP contribution in [-0.4, -0.2) is 34.1 Å². The van der Waals surface area contributed by atoms with Crippen LogP contribution in [0.1, 0.15) is 18.5 Å². The Morgan fingerprint density at radius 1 is 1.38 bits per heavy atom. The normalized spacial score (nSPS) is 13.8. The van der Waals surface area contributed by atoms with Crippen molar-refractivity contribution in [2.45, 2.75) is 25.3 Å². The van der Waals surface area contributed by atoms with Crippen molar-refractivity contribution in [3.63, 3.8) is 0 Å². The molecule has 134 valence electrons. The Labute approximate surface area is 159 Å². The first-order chi connectivity index (χ1) is 12.5. The smallest absolute Gasteiger partial charge is 0.309 e. The highest BCUT2D eigenvalue weighted by Crippen LogP contribution is 2.36. The summed E-state index contributed by atoms with van der Waals surface area (Å²) in [4.78, 5) is 23.0. The van der Waals surface area contributed by atoms with Gasteiger partial charge in [0, 0.05) is 19.3 Å². The van der Waals surface area contributed by atoms with Crippen LogP contribution in [0.2, 0.25) is 4.34 Å². The van der Waals surface area contributed by atoms with E-state index in [1.165, 1.54) is 24.2 Å². The van der Waals surface area contributed by atoms with Crippen LogP contribution < -0.4 is 4.90 Å². The Morgan fingerprint density at radius 2 is 2.19 bits per heavy atom. The van der Waals surface area contributed by atoms with Crippen LogP contribution in [0.4, 0.5) is 5.82 Å². The lowest BCUT2D eigenvalue weighted by atomic mass is 10.2. The van der Waals surface area contributed by atoms with E-state index >= 15 is 0 Å². The van der Waals surface area contributed by atoms with E-state index in [4.69, 9.17) is 21.1 Å². The highest BCUT2D eigenvalue weighted by molar-refractivity contribution is 7.19. The Morgan fingerprint density at radius 3 is 2.77 bits per heavy atom. The van der Waals surface area contributed by atoms with Crippen LogP contribution in [0.25, 0.3) is 22.1 Å². The molecule has 3 heterocycles. The average molecular weight is 390 g/mol. The molecule has 26 heavy (non-hydrogen) atoms. The second-order valence-electron chi connectivity index (χ2n) is 6.22. The van der Waals surface area contributed by atoms with Gasteiger partial charge >= 0.3 is 5.97 Å². The minimum atomic E-state index is -0.965. The number of oxazole rings is 1. The van der Waals surface area contributed by atoms with Crippen molar-refractivity contribution in [1.82, 2.24) is 9.97 Å². The summed E-state index contributed by atoms with van der Waals surface area (Å²) in [7, 11) is 2.04. The number of thiophene rings is 1. The van der Waals surface area contributed by atoms with E-state index < -0.39 is 5.97 Å². The summed E-state index contributed by atoms with van der Waals surface area (Å²) in [5.74, 6) is 0.736. The lowest BCUT2D eigenvalue weighted by Gasteiger charge is -2.16. The number of halogens is 1. The number of rotatable bonds is 6. The number of anilines is 1. The summed E-state index contributed by atoms with van der Waals surface area (Å²) in [6.07, 6.45) is 3.88. The Hall–Kier alpha value is -2.38. The minimum Gasteiger partial charge on any atom is -0.481 e. The first-order valence-corrected chi connectivity index (χ1v) is 9.37. The molecule has 0 saturated heterocycles. The summed E-state index contributed by atoms with van der Waals surface area (Å²) in [5.41, 5.74) is 1.09. The van der Waals surface area contributed by atoms with Crippen molar-refractivity contribution in [3.05, 3.63) is 40.5 Å². The molecule has 3 aromatic heterocycles. The van der Waals surface area contributed by atoms with E-state index in [0.29, 0.717) is 33.3 Å². The van der Waals surface area contributed by atoms with E-state index in [2.05, 4.69) is 14.9 Å². The quantitative estimate of drug-likeness (QED) is 0.675. The molecule has 0 aliphatic heterocycles. The predicted molar refractivity (Wildman–Crippen MR) is 101 cm³/mol. The summed E-state index contributed by atoms with van der Waals surface area (Å²) >= 11 is 7.32.